The van der Waals surface area contributed by atoms with Crippen LogP contribution in [0.4, 0.5) is 0 Å². The van der Waals surface area contributed by atoms with E-state index in [1.54, 1.807) is 0 Å². The molecular formula is C13H17N. The van der Waals surface area contributed by atoms with Crippen LogP contribution in [-0.2, 0) is 6.37 Å². The Morgan fingerprint density at radius 2 is 2.50 bits per heavy atom. The molecule has 0 heterocycles. The van der Waals surface area contributed by atoms with Crippen molar-refractivity contribution in [3.8, 4) is 12.3 Å². The minimum atomic E-state index is -4.05. The Labute approximate surface area is 109 Å². The van der Waals surface area contributed by atoms with E-state index in [0.29, 0.717) is 0 Å². The summed E-state index contributed by atoms with van der Waals surface area (Å²) in [6.07, 6.45) is 1.15. The molecule has 14 heavy (non-hydrogen) atoms. The summed E-state index contributed by atoms with van der Waals surface area (Å²) in [6.45, 7) is -11.2. The van der Waals surface area contributed by atoms with Crippen LogP contribution in [0.25, 0.3) is 0 Å². The molecule has 1 nitrogen and oxygen atoms in total. The van der Waals surface area contributed by atoms with Gasteiger partial charge in [-0.3, -0.25) is 4.90 Å². The zero-order valence-electron chi connectivity index (χ0n) is 23.0. The topological polar surface area (TPSA) is 3.24 Å². The Kier molecular flexibility index (Phi) is 0.830. The Bertz CT molecular complexity index is 846. The van der Waals surface area contributed by atoms with Gasteiger partial charge in [-0.2, -0.15) is 0 Å². The molecule has 0 saturated carbocycles. The monoisotopic (exact) mass is 203 g/mol. The number of likely N-dealkylation sites (N-methyl/N-ethyl adjacent to an activating group) is 1. The molecule has 0 unspecified atom stereocenters. The number of rotatable bonds is 4. The lowest BCUT2D eigenvalue weighted by molar-refractivity contribution is 0.287. The lowest BCUT2D eigenvalue weighted by Gasteiger charge is -2.22. The van der Waals surface area contributed by atoms with E-state index in [1.165, 1.54) is 5.92 Å². The molecule has 0 fully saturated rings. The highest BCUT2D eigenvalue weighted by Gasteiger charge is 2.07. The summed E-state index contributed by atoms with van der Waals surface area (Å²) in [5, 5.41) is 0. The van der Waals surface area contributed by atoms with Crippen molar-refractivity contribution in [3.63, 3.8) is 0 Å². The van der Waals surface area contributed by atoms with E-state index in [0.717, 1.165) is 0 Å². The molecule has 74 valence electrons. The van der Waals surface area contributed by atoms with Crippen molar-refractivity contribution in [1.29, 1.82) is 0 Å². The zero-order valence-corrected chi connectivity index (χ0v) is 7.02. The van der Waals surface area contributed by atoms with E-state index in [-0.39, 0.29) is 0 Å². The Balaban J connectivity index is 4.22. The third-order valence-corrected chi connectivity index (χ3v) is 1.14. The third kappa shape index (κ3) is 3.24. The van der Waals surface area contributed by atoms with E-state index in [9.17, 15) is 0 Å². The number of nitrogens with zero attached hydrogens (tertiary/aromatic N) is 1. The van der Waals surface area contributed by atoms with E-state index in [4.69, 9.17) is 28.4 Å². The summed E-state index contributed by atoms with van der Waals surface area (Å²) in [5.41, 5.74) is -1.32. The van der Waals surface area contributed by atoms with Gasteiger partial charge in [0.05, 0.1) is 16.1 Å². The van der Waals surface area contributed by atoms with E-state index >= 15 is 0 Å². The molecule has 0 saturated heterocycles. The molecular weight excluding hydrogens is 170 g/mol. The van der Waals surface area contributed by atoms with Crippen LogP contribution in [0.5, 0.6) is 0 Å². The predicted molar refractivity (Wildman–Crippen MR) is 61.1 cm³/mol. The fraction of sp³-hybridized carbons (Fsp3) is 0.385. The lowest BCUT2D eigenvalue weighted by atomic mass is 10.1. The van der Waals surface area contributed by atoms with Crippen LogP contribution in [0.2, 0.25) is 0 Å². The minimum absolute atomic E-state index is 0.652. The van der Waals surface area contributed by atoms with Crippen molar-refractivity contribution in [2.75, 3.05) is 13.5 Å². The third-order valence-electron chi connectivity index (χ3n) is 1.14. The van der Waals surface area contributed by atoms with Crippen molar-refractivity contribution in [2.24, 2.45) is 0 Å². The van der Waals surface area contributed by atoms with Crippen molar-refractivity contribution >= 4 is 0 Å². The van der Waals surface area contributed by atoms with Crippen LogP contribution in [0, 0.1) is 12.3 Å². The average Bonchev–Trinajstić information content (AvgIpc) is 2.55. The minimum Gasteiger partial charge on any atom is -0.292 e. The Morgan fingerprint density at radius 1 is 1.71 bits per heavy atom. The van der Waals surface area contributed by atoms with Gasteiger partial charge in [-0.05, 0) is 25.8 Å². The second-order valence-corrected chi connectivity index (χ2v) is 2.07. The molecule has 0 N–H and O–H groups in total. The second kappa shape index (κ2) is 5.47. The van der Waals surface area contributed by atoms with E-state index < -0.39 is 73.4 Å². The normalized spacial score (nSPS) is 35.1. The van der Waals surface area contributed by atoms with E-state index in [2.05, 4.69) is 0 Å². The zero-order chi connectivity index (χ0) is 24.2. The van der Waals surface area contributed by atoms with Gasteiger partial charge in [0.25, 0.3) is 0 Å². The summed E-state index contributed by atoms with van der Waals surface area (Å²) in [7, 11) is 0. The smallest absolute Gasteiger partial charge is 0.0626 e. The van der Waals surface area contributed by atoms with Crippen LogP contribution in [0.1, 0.15) is 34.3 Å². The molecule has 0 aliphatic heterocycles. The molecule has 0 amide bonds. The SMILES string of the molecule is [2H]c1c([2H])c([2H])c(C([2H])([2H])[C@@]([2H])(N(C([2H])([2H])[2H])C([2H])([2H])C#C)C([2H])([2H])[2H])c([2H])c1[2H]. The first-order chi connectivity index (χ1) is 13.1. The van der Waals surface area contributed by atoms with Gasteiger partial charge in [-0.25, -0.2) is 0 Å². The van der Waals surface area contributed by atoms with Gasteiger partial charge in [0, 0.05) is 18.4 Å². The van der Waals surface area contributed by atoms with Crippen molar-refractivity contribution < 1.29 is 21.9 Å². The van der Waals surface area contributed by atoms with Gasteiger partial charge in [-0.1, -0.05) is 36.1 Å². The van der Waals surface area contributed by atoms with Gasteiger partial charge in [-0.15, -0.1) is 6.42 Å². The summed E-state index contributed by atoms with van der Waals surface area (Å²) in [4.78, 5) is -0.652. The quantitative estimate of drug-likeness (QED) is 0.678. The fourth-order valence-corrected chi connectivity index (χ4v) is 0.607. The maximum Gasteiger partial charge on any atom is 0.0626 e. The second-order valence-electron chi connectivity index (χ2n) is 2.07. The summed E-state index contributed by atoms with van der Waals surface area (Å²) in [5.74, 6) is 1.38. The lowest BCUT2D eigenvalue weighted by Crippen LogP contribution is -2.31. The van der Waals surface area contributed by atoms with Crippen LogP contribution in [0.3, 0.4) is 0 Å². The number of benzene rings is 1. The highest BCUT2D eigenvalue weighted by Crippen LogP contribution is 2.06. The van der Waals surface area contributed by atoms with Gasteiger partial charge < -0.3 is 0 Å². The van der Waals surface area contributed by atoms with Gasteiger partial charge in [0.1, 0.15) is 0 Å². The number of hydrogen-bond acceptors (Lipinski definition) is 1. The molecule has 0 aliphatic carbocycles. The first kappa shape index (κ1) is 2.13. The maximum atomic E-state index is 8.43. The fourth-order valence-electron chi connectivity index (χ4n) is 0.607. The van der Waals surface area contributed by atoms with Crippen molar-refractivity contribution in [3.05, 3.63) is 35.8 Å². The largest absolute Gasteiger partial charge is 0.292 e. The van der Waals surface area contributed by atoms with Crippen LogP contribution < -0.4 is 0 Å². The molecule has 1 atom stereocenters. The summed E-state index contributed by atoms with van der Waals surface area (Å²) >= 11 is 0. The molecule has 1 aromatic carbocycles. The Hall–Kier alpha value is -1.26. The molecule has 1 heteroatoms. The van der Waals surface area contributed by atoms with Gasteiger partial charge in [0.15, 0.2) is 0 Å². The Morgan fingerprint density at radius 3 is 3.07 bits per heavy atom. The van der Waals surface area contributed by atoms with Crippen LogP contribution in [0.15, 0.2) is 30.2 Å². The first-order valence-corrected chi connectivity index (χ1v) is 3.46. The predicted octanol–water partition coefficient (Wildman–Crippen LogP) is 2.18. The van der Waals surface area contributed by atoms with Crippen molar-refractivity contribution in [1.82, 2.24) is 4.90 Å². The average molecular weight is 203 g/mol. The number of hydrogen-bond donors (Lipinski definition) is 0. The molecule has 1 rings (SSSR count). The van der Waals surface area contributed by atoms with Crippen molar-refractivity contribution in [2.45, 2.75) is 19.2 Å². The highest BCUT2D eigenvalue weighted by molar-refractivity contribution is 5.15. The summed E-state index contributed by atoms with van der Waals surface area (Å²) in [6, 6.07) is -9.50. The number of terminal acetylenes is 1. The molecule has 1 aromatic rings. The first-order valence-electron chi connectivity index (χ1n) is 11.5. The van der Waals surface area contributed by atoms with Gasteiger partial charge in [0.2, 0.25) is 0 Å². The molecule has 0 spiro atoms. The maximum absolute atomic E-state index is 8.43. The molecule has 0 aliphatic rings. The summed E-state index contributed by atoms with van der Waals surface area (Å²) < 4.78 is 125. The standard InChI is InChI=1S/C13H17N/c1-4-10-14(3)12(2)11-13-8-6-5-7-9-13/h1,5-9,12H,10-11H2,2-3H3/t12-/m0/s1/i2D3,3D3,5D,6D,7D,8D,9D,10D2,11D2,12D. The van der Waals surface area contributed by atoms with E-state index in [1.807, 2.05) is 0 Å². The van der Waals surface area contributed by atoms with Crippen LogP contribution >= 0.6 is 0 Å². The molecule has 0 radical (unpaired) electrons. The molecule has 0 aromatic heterocycles. The highest BCUT2D eigenvalue weighted by atomic mass is 15.1. The molecule has 0 bridgehead atoms. The van der Waals surface area contributed by atoms with Gasteiger partial charge >= 0.3 is 0 Å². The van der Waals surface area contributed by atoms with Crippen LogP contribution in [-0.4, -0.2) is 24.4 Å².